The standard InChI is InChI=1S/C11H11N3O2/c1-11(5-16-6-11)14-4-8-3-12-7-13-9(8)2-10(14)15/h2-4,7H,5-6H2,1H3. The minimum atomic E-state index is -0.221. The van der Waals surface area contributed by atoms with Gasteiger partial charge in [0.15, 0.2) is 0 Å². The van der Waals surface area contributed by atoms with Crippen molar-refractivity contribution in [1.29, 1.82) is 0 Å². The van der Waals surface area contributed by atoms with Crippen molar-refractivity contribution in [2.24, 2.45) is 0 Å². The first-order chi connectivity index (χ1) is 7.69. The van der Waals surface area contributed by atoms with Gasteiger partial charge in [-0.15, -0.1) is 0 Å². The van der Waals surface area contributed by atoms with E-state index in [1.165, 1.54) is 6.33 Å². The summed E-state index contributed by atoms with van der Waals surface area (Å²) in [4.78, 5) is 19.9. The topological polar surface area (TPSA) is 57.0 Å². The largest absolute Gasteiger partial charge is 0.376 e. The van der Waals surface area contributed by atoms with Crippen LogP contribution in [0.2, 0.25) is 0 Å². The number of nitrogens with zero attached hydrogens (tertiary/aromatic N) is 3. The van der Waals surface area contributed by atoms with Gasteiger partial charge in [-0.05, 0) is 6.92 Å². The molecule has 5 heteroatoms. The molecule has 0 aliphatic carbocycles. The highest BCUT2D eigenvalue weighted by atomic mass is 16.5. The third-order valence-electron chi connectivity index (χ3n) is 2.95. The van der Waals surface area contributed by atoms with Gasteiger partial charge in [0.25, 0.3) is 5.56 Å². The fourth-order valence-corrected chi connectivity index (χ4v) is 1.92. The molecule has 1 aliphatic heterocycles. The van der Waals surface area contributed by atoms with Gasteiger partial charge in [-0.2, -0.15) is 0 Å². The first kappa shape index (κ1) is 9.47. The zero-order valence-corrected chi connectivity index (χ0v) is 8.88. The van der Waals surface area contributed by atoms with E-state index in [0.717, 1.165) is 5.39 Å². The summed E-state index contributed by atoms with van der Waals surface area (Å²) in [5.41, 5.74) is 0.415. The first-order valence-corrected chi connectivity index (χ1v) is 5.10. The lowest BCUT2D eigenvalue weighted by molar-refractivity contribution is -0.0912. The van der Waals surface area contributed by atoms with Crippen LogP contribution < -0.4 is 5.56 Å². The fraction of sp³-hybridized carbons (Fsp3) is 0.364. The molecule has 0 radical (unpaired) electrons. The number of hydrogen-bond donors (Lipinski definition) is 0. The number of rotatable bonds is 1. The second-order valence-corrected chi connectivity index (χ2v) is 4.33. The third kappa shape index (κ3) is 1.25. The van der Waals surface area contributed by atoms with Crippen LogP contribution in [0.5, 0.6) is 0 Å². The summed E-state index contributed by atoms with van der Waals surface area (Å²) in [7, 11) is 0. The molecule has 1 fully saturated rings. The highest BCUT2D eigenvalue weighted by molar-refractivity contribution is 5.75. The van der Waals surface area contributed by atoms with Crippen LogP contribution in [0.15, 0.2) is 29.6 Å². The molecule has 16 heavy (non-hydrogen) atoms. The fourth-order valence-electron chi connectivity index (χ4n) is 1.92. The average molecular weight is 217 g/mol. The van der Waals surface area contributed by atoms with E-state index in [1.807, 2.05) is 6.92 Å². The van der Waals surface area contributed by atoms with Gasteiger partial charge in [-0.25, -0.2) is 9.97 Å². The molecule has 0 atom stereocenters. The molecule has 0 saturated carbocycles. The molecule has 1 saturated heterocycles. The summed E-state index contributed by atoms with van der Waals surface area (Å²) in [6.07, 6.45) is 4.96. The highest BCUT2D eigenvalue weighted by Crippen LogP contribution is 2.24. The molecule has 0 unspecified atom stereocenters. The third-order valence-corrected chi connectivity index (χ3v) is 2.95. The lowest BCUT2D eigenvalue weighted by Gasteiger charge is -2.39. The Kier molecular flexibility index (Phi) is 1.85. The molecule has 2 aromatic heterocycles. The van der Waals surface area contributed by atoms with E-state index in [2.05, 4.69) is 9.97 Å². The van der Waals surface area contributed by atoms with Crippen LogP contribution in [0.3, 0.4) is 0 Å². The summed E-state index contributed by atoms with van der Waals surface area (Å²) < 4.78 is 6.88. The Morgan fingerprint density at radius 3 is 3.00 bits per heavy atom. The Bertz CT molecular complexity index is 601. The average Bonchev–Trinajstić information content (AvgIpc) is 2.25. The molecule has 3 heterocycles. The number of hydrogen-bond acceptors (Lipinski definition) is 4. The number of aromatic nitrogens is 3. The van der Waals surface area contributed by atoms with Crippen molar-refractivity contribution in [2.45, 2.75) is 12.5 Å². The van der Waals surface area contributed by atoms with Crippen LogP contribution >= 0.6 is 0 Å². The molecule has 0 N–H and O–H groups in total. The van der Waals surface area contributed by atoms with Gasteiger partial charge >= 0.3 is 0 Å². The van der Waals surface area contributed by atoms with Gasteiger partial charge in [-0.3, -0.25) is 4.79 Å². The SMILES string of the molecule is CC1(n2cc3cncnc3cc2=O)COC1. The predicted octanol–water partition coefficient (Wildman–Crippen LogP) is 0.537. The van der Waals surface area contributed by atoms with Gasteiger partial charge in [0.1, 0.15) is 6.33 Å². The van der Waals surface area contributed by atoms with Crippen molar-refractivity contribution in [3.63, 3.8) is 0 Å². The number of ether oxygens (including phenoxy) is 1. The maximum absolute atomic E-state index is 11.9. The number of pyridine rings is 1. The number of fused-ring (bicyclic) bond motifs is 1. The molecule has 82 valence electrons. The molecule has 3 rings (SSSR count). The minimum absolute atomic E-state index is 0.0444. The van der Waals surface area contributed by atoms with Crippen molar-refractivity contribution < 1.29 is 4.74 Å². The second-order valence-electron chi connectivity index (χ2n) is 4.33. The summed E-state index contributed by atoms with van der Waals surface area (Å²) in [6.45, 7) is 3.16. The Balaban J connectivity index is 2.26. The van der Waals surface area contributed by atoms with Crippen molar-refractivity contribution in [1.82, 2.24) is 14.5 Å². The van der Waals surface area contributed by atoms with Gasteiger partial charge in [0, 0.05) is 23.8 Å². The van der Waals surface area contributed by atoms with E-state index < -0.39 is 0 Å². The molecule has 0 spiro atoms. The van der Waals surface area contributed by atoms with Crippen LogP contribution in [0.4, 0.5) is 0 Å². The van der Waals surface area contributed by atoms with Crippen LogP contribution in [0.1, 0.15) is 6.92 Å². The quantitative estimate of drug-likeness (QED) is 0.699. The molecule has 0 amide bonds. The molecular weight excluding hydrogens is 206 g/mol. The summed E-state index contributed by atoms with van der Waals surface area (Å²) in [5.74, 6) is 0. The molecule has 5 nitrogen and oxygen atoms in total. The highest BCUT2D eigenvalue weighted by Gasteiger charge is 2.36. The zero-order valence-electron chi connectivity index (χ0n) is 8.88. The van der Waals surface area contributed by atoms with E-state index in [0.29, 0.717) is 18.7 Å². The van der Waals surface area contributed by atoms with Gasteiger partial charge in [0.05, 0.1) is 24.3 Å². The molecule has 0 bridgehead atoms. The van der Waals surface area contributed by atoms with Gasteiger partial charge in [-0.1, -0.05) is 0 Å². The van der Waals surface area contributed by atoms with E-state index >= 15 is 0 Å². The van der Waals surface area contributed by atoms with E-state index in [-0.39, 0.29) is 11.1 Å². The van der Waals surface area contributed by atoms with E-state index in [1.54, 1.807) is 23.0 Å². The monoisotopic (exact) mass is 217 g/mol. The van der Waals surface area contributed by atoms with Crippen molar-refractivity contribution >= 4 is 10.9 Å². The summed E-state index contributed by atoms with van der Waals surface area (Å²) in [6, 6.07) is 1.54. The van der Waals surface area contributed by atoms with E-state index in [9.17, 15) is 4.79 Å². The van der Waals surface area contributed by atoms with E-state index in [4.69, 9.17) is 4.74 Å². The predicted molar refractivity (Wildman–Crippen MR) is 58.3 cm³/mol. The maximum Gasteiger partial charge on any atom is 0.253 e. The van der Waals surface area contributed by atoms with Crippen LogP contribution in [0.25, 0.3) is 10.9 Å². The summed E-state index contributed by atoms with van der Waals surface area (Å²) in [5, 5.41) is 0.871. The minimum Gasteiger partial charge on any atom is -0.376 e. The van der Waals surface area contributed by atoms with Crippen LogP contribution in [0, 0.1) is 0 Å². The normalized spacial score (nSPS) is 18.3. The van der Waals surface area contributed by atoms with Gasteiger partial charge < -0.3 is 9.30 Å². The second kappa shape index (κ2) is 3.12. The van der Waals surface area contributed by atoms with Crippen molar-refractivity contribution in [3.05, 3.63) is 35.1 Å². The molecule has 2 aromatic rings. The lowest BCUT2D eigenvalue weighted by atomic mass is 10.00. The first-order valence-electron chi connectivity index (χ1n) is 5.10. The molecule has 1 aliphatic rings. The Labute approximate surface area is 91.7 Å². The lowest BCUT2D eigenvalue weighted by Crippen LogP contribution is -2.52. The maximum atomic E-state index is 11.9. The Morgan fingerprint density at radius 1 is 1.50 bits per heavy atom. The van der Waals surface area contributed by atoms with Crippen molar-refractivity contribution in [3.8, 4) is 0 Å². The smallest absolute Gasteiger partial charge is 0.253 e. The molecule has 0 aromatic carbocycles. The van der Waals surface area contributed by atoms with Crippen molar-refractivity contribution in [2.75, 3.05) is 13.2 Å². The van der Waals surface area contributed by atoms with Crippen LogP contribution in [-0.2, 0) is 10.3 Å². The summed E-state index contributed by atoms with van der Waals surface area (Å²) >= 11 is 0. The van der Waals surface area contributed by atoms with Crippen LogP contribution in [-0.4, -0.2) is 27.7 Å². The Morgan fingerprint density at radius 2 is 2.31 bits per heavy atom. The molecular formula is C11H11N3O2. The Hall–Kier alpha value is -1.75. The van der Waals surface area contributed by atoms with Gasteiger partial charge in [0.2, 0.25) is 0 Å². The zero-order chi connectivity index (χ0) is 11.2.